The highest BCUT2D eigenvalue weighted by molar-refractivity contribution is 7.80. The maximum Gasteiger partial charge on any atom is 0.230 e. The lowest BCUT2D eigenvalue weighted by molar-refractivity contribution is -0.134. The van der Waals surface area contributed by atoms with Gasteiger partial charge in [-0.2, -0.15) is 0 Å². The second-order valence-corrected chi connectivity index (χ2v) is 3.83. The maximum absolute atomic E-state index is 11.1. The molecule has 1 aromatic carbocycles. The molecular formula is C11H12N2OS. The van der Waals surface area contributed by atoms with Crippen LogP contribution in [0, 0.1) is 0 Å². The molecule has 1 fully saturated rings. The summed E-state index contributed by atoms with van der Waals surface area (Å²) in [7, 11) is 0. The Kier molecular flexibility index (Phi) is 2.97. The molecule has 0 radical (unpaired) electrons. The molecule has 15 heavy (non-hydrogen) atoms. The lowest BCUT2D eigenvalue weighted by atomic mass is 10.2. The van der Waals surface area contributed by atoms with Gasteiger partial charge in [0, 0.05) is 19.5 Å². The lowest BCUT2D eigenvalue weighted by Crippen LogP contribution is -2.51. The first-order chi connectivity index (χ1) is 7.27. The van der Waals surface area contributed by atoms with E-state index < -0.39 is 0 Å². The third kappa shape index (κ3) is 2.33. The predicted octanol–water partition coefficient (Wildman–Crippen LogP) is 1.29. The number of thiocarbonyl (C=S) groups is 1. The molecule has 1 saturated heterocycles. The van der Waals surface area contributed by atoms with Crippen LogP contribution in [0.5, 0.6) is 0 Å². The summed E-state index contributed by atoms with van der Waals surface area (Å²) >= 11 is 5.10. The Morgan fingerprint density at radius 2 is 2.13 bits per heavy atom. The zero-order valence-electron chi connectivity index (χ0n) is 8.27. The van der Waals surface area contributed by atoms with Gasteiger partial charge in [-0.1, -0.05) is 30.3 Å². The summed E-state index contributed by atoms with van der Waals surface area (Å²) in [5.74, 6) is 0.112. The molecule has 0 atom stereocenters. The van der Waals surface area contributed by atoms with Gasteiger partial charge in [0.1, 0.15) is 0 Å². The maximum atomic E-state index is 11.1. The summed E-state index contributed by atoms with van der Waals surface area (Å²) in [5, 5.41) is 3.60. The highest BCUT2D eigenvalue weighted by Gasteiger charge is 2.26. The van der Waals surface area contributed by atoms with Crippen molar-refractivity contribution in [1.82, 2.24) is 10.2 Å². The summed E-state index contributed by atoms with van der Waals surface area (Å²) < 4.78 is 0. The van der Waals surface area contributed by atoms with Crippen LogP contribution in [-0.2, 0) is 11.3 Å². The molecule has 1 heterocycles. The van der Waals surface area contributed by atoms with Gasteiger partial charge in [0.05, 0.1) is 0 Å². The van der Waals surface area contributed by atoms with E-state index in [2.05, 4.69) is 5.32 Å². The Morgan fingerprint density at radius 3 is 2.67 bits per heavy atom. The van der Waals surface area contributed by atoms with E-state index in [-0.39, 0.29) is 5.91 Å². The van der Waals surface area contributed by atoms with Crippen molar-refractivity contribution in [2.45, 2.75) is 13.0 Å². The van der Waals surface area contributed by atoms with Crippen molar-refractivity contribution in [2.75, 3.05) is 6.54 Å². The van der Waals surface area contributed by atoms with Gasteiger partial charge in [-0.15, -0.1) is 0 Å². The van der Waals surface area contributed by atoms with E-state index in [1.165, 1.54) is 0 Å². The predicted molar refractivity (Wildman–Crippen MR) is 62.2 cm³/mol. The van der Waals surface area contributed by atoms with Gasteiger partial charge in [0.25, 0.3) is 0 Å². The van der Waals surface area contributed by atoms with Crippen molar-refractivity contribution in [1.29, 1.82) is 0 Å². The Balaban J connectivity index is 1.83. The molecule has 1 N–H and O–H groups in total. The average Bonchev–Trinajstić information content (AvgIpc) is 2.26. The van der Waals surface area contributed by atoms with E-state index in [0.29, 0.717) is 18.1 Å². The molecule has 4 heteroatoms. The Hall–Kier alpha value is -1.42. The molecule has 0 saturated carbocycles. The molecule has 2 rings (SSSR count). The number of rotatable bonds is 2. The Morgan fingerprint density at radius 1 is 1.40 bits per heavy atom. The van der Waals surface area contributed by atoms with Gasteiger partial charge in [-0.05, 0) is 17.8 Å². The van der Waals surface area contributed by atoms with Crippen molar-refractivity contribution in [2.24, 2.45) is 0 Å². The van der Waals surface area contributed by atoms with Crippen LogP contribution in [0.1, 0.15) is 12.0 Å². The van der Waals surface area contributed by atoms with Crippen molar-refractivity contribution in [3.05, 3.63) is 35.9 Å². The highest BCUT2D eigenvalue weighted by atomic mass is 32.1. The minimum Gasteiger partial charge on any atom is -0.358 e. The van der Waals surface area contributed by atoms with E-state index in [4.69, 9.17) is 12.2 Å². The molecule has 1 aromatic rings. The molecule has 3 nitrogen and oxygen atoms in total. The molecule has 1 aliphatic rings. The third-order valence-electron chi connectivity index (χ3n) is 2.38. The smallest absolute Gasteiger partial charge is 0.230 e. The van der Waals surface area contributed by atoms with Crippen LogP contribution in [0.3, 0.4) is 0 Å². The van der Waals surface area contributed by atoms with Crippen LogP contribution in [-0.4, -0.2) is 22.5 Å². The zero-order chi connectivity index (χ0) is 10.7. The number of hydrogen-bond acceptors (Lipinski definition) is 2. The van der Waals surface area contributed by atoms with Gasteiger partial charge in [-0.25, -0.2) is 0 Å². The summed E-state index contributed by atoms with van der Waals surface area (Å²) in [5.41, 5.74) is 1.16. The van der Waals surface area contributed by atoms with Gasteiger partial charge >= 0.3 is 0 Å². The molecule has 78 valence electrons. The topological polar surface area (TPSA) is 32.3 Å². The fraction of sp³-hybridized carbons (Fsp3) is 0.273. The Labute approximate surface area is 94.1 Å². The second kappa shape index (κ2) is 4.40. The van der Waals surface area contributed by atoms with Gasteiger partial charge in [-0.3, -0.25) is 9.69 Å². The number of nitrogens with zero attached hydrogens (tertiary/aromatic N) is 1. The second-order valence-electron chi connectivity index (χ2n) is 3.44. The van der Waals surface area contributed by atoms with Crippen molar-refractivity contribution >= 4 is 23.2 Å². The molecule has 1 aliphatic heterocycles. The fourth-order valence-electron chi connectivity index (χ4n) is 1.40. The summed E-state index contributed by atoms with van der Waals surface area (Å²) in [6, 6.07) is 9.98. The number of β-lactam (4-membered cyclic amide) rings is 1. The molecule has 0 aromatic heterocycles. The molecular weight excluding hydrogens is 208 g/mol. The van der Waals surface area contributed by atoms with E-state index in [0.717, 1.165) is 12.1 Å². The number of hydrogen-bond donors (Lipinski definition) is 1. The van der Waals surface area contributed by atoms with E-state index in [9.17, 15) is 4.79 Å². The van der Waals surface area contributed by atoms with Crippen molar-refractivity contribution < 1.29 is 4.79 Å². The van der Waals surface area contributed by atoms with Crippen molar-refractivity contribution in [3.63, 3.8) is 0 Å². The van der Waals surface area contributed by atoms with Crippen LogP contribution >= 0.6 is 12.2 Å². The molecule has 0 unspecified atom stereocenters. The van der Waals surface area contributed by atoms with Crippen molar-refractivity contribution in [3.8, 4) is 0 Å². The standard InChI is InChI=1S/C11H12N2OS/c14-10-6-7-13(10)11(15)12-8-9-4-2-1-3-5-9/h1-5H,6-8H2,(H,12,15). The van der Waals surface area contributed by atoms with Crippen LogP contribution < -0.4 is 5.32 Å². The SMILES string of the molecule is O=C1CCN1C(=S)NCc1ccccc1. The van der Waals surface area contributed by atoms with Gasteiger partial charge < -0.3 is 5.32 Å². The number of carbonyl (C=O) groups is 1. The molecule has 0 aliphatic carbocycles. The van der Waals surface area contributed by atoms with Crippen LogP contribution in [0.25, 0.3) is 0 Å². The first-order valence-corrected chi connectivity index (χ1v) is 5.30. The van der Waals surface area contributed by atoms with E-state index in [1.54, 1.807) is 4.90 Å². The third-order valence-corrected chi connectivity index (χ3v) is 2.75. The summed E-state index contributed by atoms with van der Waals surface area (Å²) in [6.07, 6.45) is 0.618. The van der Waals surface area contributed by atoms with Crippen LogP contribution in [0.2, 0.25) is 0 Å². The lowest BCUT2D eigenvalue weighted by Gasteiger charge is -2.31. The summed E-state index contributed by atoms with van der Waals surface area (Å²) in [4.78, 5) is 12.7. The monoisotopic (exact) mass is 220 g/mol. The van der Waals surface area contributed by atoms with Crippen LogP contribution in [0.15, 0.2) is 30.3 Å². The van der Waals surface area contributed by atoms with E-state index in [1.807, 2.05) is 30.3 Å². The minimum atomic E-state index is 0.112. The Bertz CT molecular complexity index is 377. The number of likely N-dealkylation sites (tertiary alicyclic amines) is 1. The molecule has 1 amide bonds. The number of carbonyl (C=O) groups excluding carboxylic acids is 1. The van der Waals surface area contributed by atoms with Crippen LogP contribution in [0.4, 0.5) is 0 Å². The van der Waals surface area contributed by atoms with Gasteiger partial charge in [0.2, 0.25) is 5.91 Å². The largest absolute Gasteiger partial charge is 0.358 e. The van der Waals surface area contributed by atoms with Gasteiger partial charge in [0.15, 0.2) is 5.11 Å². The number of nitrogens with one attached hydrogen (secondary N) is 1. The normalized spacial score (nSPS) is 14.7. The zero-order valence-corrected chi connectivity index (χ0v) is 9.09. The minimum absolute atomic E-state index is 0.112. The first kappa shape index (κ1) is 10.1. The molecule has 0 bridgehead atoms. The average molecular weight is 220 g/mol. The first-order valence-electron chi connectivity index (χ1n) is 4.89. The van der Waals surface area contributed by atoms with E-state index >= 15 is 0 Å². The number of amides is 1. The number of benzene rings is 1. The molecule has 0 spiro atoms. The summed E-state index contributed by atoms with van der Waals surface area (Å²) in [6.45, 7) is 1.42. The highest BCUT2D eigenvalue weighted by Crippen LogP contribution is 2.08. The quantitative estimate of drug-likeness (QED) is 0.602. The fourth-order valence-corrected chi connectivity index (χ4v) is 1.66.